The van der Waals surface area contributed by atoms with E-state index in [2.05, 4.69) is 5.10 Å². The monoisotopic (exact) mass is 357 g/mol. The Morgan fingerprint density at radius 3 is 2.48 bits per heavy atom. The molecular weight excluding hydrogens is 349 g/mol. The molecule has 0 unspecified atom stereocenters. The fraction of sp³-hybridized carbons (Fsp3) is 0. The number of nitro benzene ring substituents is 1. The van der Waals surface area contributed by atoms with Gasteiger partial charge in [-0.15, -0.1) is 0 Å². The third kappa shape index (κ3) is 4.24. The molecule has 7 nitrogen and oxygen atoms in total. The van der Waals surface area contributed by atoms with Crippen molar-refractivity contribution in [2.45, 2.75) is 4.90 Å². The maximum atomic E-state index is 12.8. The summed E-state index contributed by atoms with van der Waals surface area (Å²) in [5.74, 6) is -0.569. The molecular formula is C13H9ClFN3O4S. The van der Waals surface area contributed by atoms with E-state index >= 15 is 0 Å². The molecule has 0 fully saturated rings. The molecule has 0 radical (unpaired) electrons. The van der Waals surface area contributed by atoms with E-state index in [-0.39, 0.29) is 21.2 Å². The molecule has 0 saturated heterocycles. The second-order valence-corrected chi connectivity index (χ2v) is 6.34. The molecule has 23 heavy (non-hydrogen) atoms. The highest BCUT2D eigenvalue weighted by molar-refractivity contribution is 7.89. The first-order valence-electron chi connectivity index (χ1n) is 6.04. The topological polar surface area (TPSA) is 102 Å². The van der Waals surface area contributed by atoms with E-state index in [1.54, 1.807) is 0 Å². The molecule has 0 saturated carbocycles. The largest absolute Gasteiger partial charge is 0.288 e. The number of benzene rings is 2. The van der Waals surface area contributed by atoms with Crippen LogP contribution in [-0.4, -0.2) is 19.6 Å². The van der Waals surface area contributed by atoms with Crippen LogP contribution in [0.5, 0.6) is 0 Å². The molecule has 0 aliphatic rings. The van der Waals surface area contributed by atoms with E-state index in [1.165, 1.54) is 12.1 Å². The summed E-state index contributed by atoms with van der Waals surface area (Å²) in [6, 6.07) is 8.06. The minimum Gasteiger partial charge on any atom is -0.258 e. The summed E-state index contributed by atoms with van der Waals surface area (Å²) >= 11 is 5.66. The van der Waals surface area contributed by atoms with E-state index in [0.717, 1.165) is 36.5 Å². The molecule has 0 bridgehead atoms. The van der Waals surface area contributed by atoms with Crippen LogP contribution in [0.15, 0.2) is 52.5 Å². The molecule has 0 heterocycles. The minimum absolute atomic E-state index is 0.0426. The maximum Gasteiger partial charge on any atom is 0.288 e. The first kappa shape index (κ1) is 16.8. The Hall–Kier alpha value is -2.52. The molecule has 120 valence electrons. The molecule has 0 atom stereocenters. The van der Waals surface area contributed by atoms with Crippen molar-refractivity contribution in [1.82, 2.24) is 4.83 Å². The molecule has 0 spiro atoms. The first-order valence-corrected chi connectivity index (χ1v) is 7.90. The van der Waals surface area contributed by atoms with E-state index in [1.807, 2.05) is 4.83 Å². The summed E-state index contributed by atoms with van der Waals surface area (Å²) in [5, 5.41) is 14.2. The number of halogens is 2. The lowest BCUT2D eigenvalue weighted by Gasteiger charge is -2.03. The van der Waals surface area contributed by atoms with Gasteiger partial charge in [-0.3, -0.25) is 10.1 Å². The number of nitrogens with one attached hydrogen (secondary N) is 1. The number of hydrogen-bond donors (Lipinski definition) is 1. The van der Waals surface area contributed by atoms with Gasteiger partial charge in [0, 0.05) is 11.6 Å². The molecule has 0 aromatic heterocycles. The summed E-state index contributed by atoms with van der Waals surface area (Å²) in [7, 11) is -3.96. The Morgan fingerprint density at radius 1 is 1.22 bits per heavy atom. The summed E-state index contributed by atoms with van der Waals surface area (Å²) in [5.41, 5.74) is -0.0417. The Balaban J connectivity index is 2.17. The van der Waals surface area contributed by atoms with Gasteiger partial charge >= 0.3 is 0 Å². The van der Waals surface area contributed by atoms with Crippen LogP contribution < -0.4 is 4.83 Å². The molecule has 2 aromatic carbocycles. The van der Waals surface area contributed by atoms with Crippen LogP contribution in [0, 0.1) is 15.9 Å². The van der Waals surface area contributed by atoms with Crippen LogP contribution in [-0.2, 0) is 10.0 Å². The zero-order valence-electron chi connectivity index (χ0n) is 11.3. The van der Waals surface area contributed by atoms with Crippen molar-refractivity contribution in [2.24, 2.45) is 5.10 Å². The zero-order valence-corrected chi connectivity index (χ0v) is 12.9. The average Bonchev–Trinajstić information content (AvgIpc) is 2.49. The van der Waals surface area contributed by atoms with Gasteiger partial charge in [0.1, 0.15) is 10.8 Å². The predicted molar refractivity (Wildman–Crippen MR) is 82.4 cm³/mol. The van der Waals surface area contributed by atoms with Crippen molar-refractivity contribution in [3.8, 4) is 0 Å². The van der Waals surface area contributed by atoms with Crippen LogP contribution in [0.2, 0.25) is 5.02 Å². The van der Waals surface area contributed by atoms with Crippen LogP contribution in [0.1, 0.15) is 5.56 Å². The van der Waals surface area contributed by atoms with Gasteiger partial charge in [0.2, 0.25) is 0 Å². The van der Waals surface area contributed by atoms with E-state index in [0.29, 0.717) is 0 Å². The van der Waals surface area contributed by atoms with Gasteiger partial charge in [0.05, 0.1) is 16.0 Å². The molecule has 1 N–H and O–H groups in total. The smallest absolute Gasteiger partial charge is 0.258 e. The molecule has 2 aromatic rings. The molecule has 10 heteroatoms. The van der Waals surface area contributed by atoms with Crippen molar-refractivity contribution < 1.29 is 17.7 Å². The molecule has 0 amide bonds. The molecule has 0 aliphatic heterocycles. The van der Waals surface area contributed by atoms with Gasteiger partial charge in [-0.05, 0) is 30.3 Å². The highest BCUT2D eigenvalue weighted by atomic mass is 35.5. The lowest BCUT2D eigenvalue weighted by atomic mass is 10.2. The van der Waals surface area contributed by atoms with Gasteiger partial charge in [-0.25, -0.2) is 9.22 Å². The van der Waals surface area contributed by atoms with Gasteiger partial charge < -0.3 is 0 Å². The number of rotatable bonds is 5. The second kappa shape index (κ2) is 6.71. The number of sulfonamides is 1. The number of nitro groups is 1. The van der Waals surface area contributed by atoms with Gasteiger partial charge in [-0.1, -0.05) is 17.7 Å². The van der Waals surface area contributed by atoms with Crippen LogP contribution in [0.4, 0.5) is 10.1 Å². The zero-order chi connectivity index (χ0) is 17.0. The first-order chi connectivity index (χ1) is 10.8. The van der Waals surface area contributed by atoms with Crippen molar-refractivity contribution in [1.29, 1.82) is 0 Å². The number of hydrazone groups is 1. The predicted octanol–water partition coefficient (Wildman–Crippen LogP) is 2.70. The lowest BCUT2D eigenvalue weighted by molar-refractivity contribution is -0.384. The highest BCUT2D eigenvalue weighted by Crippen LogP contribution is 2.24. The third-order valence-electron chi connectivity index (χ3n) is 2.68. The summed E-state index contributed by atoms with van der Waals surface area (Å²) in [6.07, 6.45) is 1.09. The Kier molecular flexibility index (Phi) is 4.92. The van der Waals surface area contributed by atoms with Gasteiger partial charge in [-0.2, -0.15) is 13.5 Å². The van der Waals surface area contributed by atoms with Crippen molar-refractivity contribution >= 4 is 33.5 Å². The number of hydrogen-bond acceptors (Lipinski definition) is 5. The molecule has 0 aliphatic carbocycles. The maximum absolute atomic E-state index is 12.8. The van der Waals surface area contributed by atoms with E-state index in [4.69, 9.17) is 11.6 Å². The SMILES string of the molecule is O=[N+]([O-])c1cc(/C=N/NS(=O)(=O)c2ccc(F)cc2)ccc1Cl. The summed E-state index contributed by atoms with van der Waals surface area (Å²) in [6.45, 7) is 0. The fourth-order valence-electron chi connectivity index (χ4n) is 1.59. The Bertz CT molecular complexity index is 869. The van der Waals surface area contributed by atoms with Crippen molar-refractivity contribution in [3.63, 3.8) is 0 Å². The lowest BCUT2D eigenvalue weighted by Crippen LogP contribution is -2.18. The van der Waals surface area contributed by atoms with Crippen molar-refractivity contribution in [2.75, 3.05) is 0 Å². The quantitative estimate of drug-likeness (QED) is 0.505. The Morgan fingerprint density at radius 2 is 1.87 bits per heavy atom. The van der Waals surface area contributed by atoms with Gasteiger partial charge in [0.25, 0.3) is 15.7 Å². The summed E-state index contributed by atoms with van der Waals surface area (Å²) in [4.78, 5) is 11.8. The average molecular weight is 358 g/mol. The second-order valence-electron chi connectivity index (χ2n) is 4.27. The standard InChI is InChI=1S/C13H9ClFN3O4S/c14-12-6-1-9(7-13(12)18(19)20)8-16-17-23(21,22)11-4-2-10(15)3-5-11/h1-8,17H/b16-8+. The normalized spacial score (nSPS) is 11.6. The van der Waals surface area contributed by atoms with Crippen LogP contribution >= 0.6 is 11.6 Å². The number of nitrogens with zero attached hydrogens (tertiary/aromatic N) is 2. The fourth-order valence-corrected chi connectivity index (χ4v) is 2.56. The van der Waals surface area contributed by atoms with Gasteiger partial charge in [0.15, 0.2) is 0 Å². The molecule has 2 rings (SSSR count). The Labute approximate surface area is 135 Å². The van der Waals surface area contributed by atoms with E-state index < -0.39 is 20.8 Å². The minimum atomic E-state index is -3.96. The summed E-state index contributed by atoms with van der Waals surface area (Å²) < 4.78 is 36.5. The van der Waals surface area contributed by atoms with E-state index in [9.17, 15) is 22.9 Å². The van der Waals surface area contributed by atoms with Crippen LogP contribution in [0.25, 0.3) is 0 Å². The third-order valence-corrected chi connectivity index (χ3v) is 4.24. The van der Waals surface area contributed by atoms with Crippen LogP contribution in [0.3, 0.4) is 0 Å². The van der Waals surface area contributed by atoms with Crippen molar-refractivity contribution in [3.05, 3.63) is 69.0 Å². The highest BCUT2D eigenvalue weighted by Gasteiger charge is 2.13.